The molecule has 2 aromatic rings. The Morgan fingerprint density at radius 1 is 0.944 bits per heavy atom. The molecule has 0 bridgehead atoms. The van der Waals surface area contributed by atoms with Crippen LogP contribution in [0.2, 0.25) is 0 Å². The maximum atomic E-state index is 11.3. The summed E-state index contributed by atoms with van der Waals surface area (Å²) in [6, 6.07) is 4.47. The minimum absolute atomic E-state index is 0.0864. The van der Waals surface area contributed by atoms with Crippen LogP contribution < -0.4 is 18.5 Å². The van der Waals surface area contributed by atoms with Gasteiger partial charge < -0.3 is 19.3 Å². The lowest BCUT2D eigenvalue weighted by molar-refractivity contribution is 0.160. The van der Waals surface area contributed by atoms with Gasteiger partial charge in [-0.25, -0.2) is 0 Å². The minimum Gasteiger partial charge on any atom is -0.503 e. The SMILES string of the molecule is CCCC1CN([s+]2cc(C(C)(C)C)c(O)c2C(C)(C)C)CCN1Cc1ccc(OC)c(OC)c1OC. The third-order valence-corrected chi connectivity index (χ3v) is 9.60. The van der Waals surface area contributed by atoms with Crippen LogP contribution in [0.4, 0.5) is 0 Å². The highest BCUT2D eigenvalue weighted by Gasteiger charge is 2.43. The van der Waals surface area contributed by atoms with E-state index in [1.807, 2.05) is 6.07 Å². The third-order valence-electron chi connectivity index (χ3n) is 7.02. The largest absolute Gasteiger partial charge is 0.503 e. The summed E-state index contributed by atoms with van der Waals surface area (Å²) < 4.78 is 19.5. The molecular formula is C29H47N2O4S+. The zero-order valence-corrected chi connectivity index (χ0v) is 24.8. The van der Waals surface area contributed by atoms with Crippen molar-refractivity contribution in [2.24, 2.45) is 0 Å². The Bertz CT molecular complexity index is 1040. The molecule has 1 N–H and O–H groups in total. The second-order valence-electron chi connectivity index (χ2n) is 11.8. The van der Waals surface area contributed by atoms with Gasteiger partial charge in [0.15, 0.2) is 22.6 Å². The minimum atomic E-state index is -0.216. The molecule has 0 radical (unpaired) electrons. The summed E-state index contributed by atoms with van der Waals surface area (Å²) >= 11 is 0. The highest BCUT2D eigenvalue weighted by atomic mass is 32.2. The Kier molecular flexibility index (Phi) is 8.90. The van der Waals surface area contributed by atoms with Gasteiger partial charge in [0.1, 0.15) is 0 Å². The van der Waals surface area contributed by atoms with Crippen LogP contribution in [-0.2, 0) is 17.4 Å². The average molecular weight is 520 g/mol. The monoisotopic (exact) mass is 519 g/mol. The topological polar surface area (TPSA) is 54.4 Å². The highest BCUT2D eigenvalue weighted by molar-refractivity contribution is 7.32. The van der Waals surface area contributed by atoms with Crippen molar-refractivity contribution in [2.75, 3.05) is 45.3 Å². The van der Waals surface area contributed by atoms with E-state index in [2.05, 4.69) is 69.1 Å². The van der Waals surface area contributed by atoms with E-state index in [0.29, 0.717) is 23.3 Å². The Labute approximate surface area is 221 Å². The molecule has 36 heavy (non-hydrogen) atoms. The fraction of sp³-hybridized carbons (Fsp3) is 0.655. The number of methoxy groups -OCH3 is 3. The number of benzene rings is 1. The Morgan fingerprint density at radius 3 is 2.14 bits per heavy atom. The van der Waals surface area contributed by atoms with Crippen LogP contribution in [0, 0.1) is 0 Å². The van der Waals surface area contributed by atoms with E-state index in [1.165, 1.54) is 4.88 Å². The van der Waals surface area contributed by atoms with E-state index in [4.69, 9.17) is 14.2 Å². The summed E-state index contributed by atoms with van der Waals surface area (Å²) in [6.45, 7) is 19.2. The maximum absolute atomic E-state index is 11.3. The zero-order valence-electron chi connectivity index (χ0n) is 24.0. The standard InChI is InChI=1S/C29H46N2O4S/c1-11-12-21-18-31(36-19-22(28(2,3)4)24(32)27(36)29(5,6)7)16-15-30(21)17-20-13-14-23(33-8)26(35-10)25(20)34-9/h13-14,19,21H,11-12,15-18H2,1-10H3/p+1. The van der Waals surface area contributed by atoms with Gasteiger partial charge in [-0.1, -0.05) is 61.0 Å². The van der Waals surface area contributed by atoms with Gasteiger partial charge in [0.05, 0.1) is 50.6 Å². The van der Waals surface area contributed by atoms with Gasteiger partial charge in [0.25, 0.3) is 0 Å². The summed E-state index contributed by atoms with van der Waals surface area (Å²) in [6.07, 6.45) is 2.25. The predicted molar refractivity (Wildman–Crippen MR) is 151 cm³/mol. The second-order valence-corrected chi connectivity index (χ2v) is 13.6. The van der Waals surface area contributed by atoms with Gasteiger partial charge in [0, 0.05) is 30.1 Å². The lowest BCUT2D eigenvalue weighted by Gasteiger charge is -2.38. The number of nitrogens with zero attached hydrogens (tertiary/aromatic N) is 2. The zero-order chi connectivity index (χ0) is 26.8. The maximum Gasteiger partial charge on any atom is 0.219 e. The summed E-state index contributed by atoms with van der Waals surface area (Å²) in [7, 11) is 4.78. The number of ether oxygens (including phenoxy) is 3. The fourth-order valence-electron chi connectivity index (χ4n) is 5.22. The molecule has 2 unspecified atom stereocenters. The summed E-state index contributed by atoms with van der Waals surface area (Å²) in [5.74, 6) is 2.58. The van der Waals surface area contributed by atoms with Crippen molar-refractivity contribution in [3.8, 4) is 23.0 Å². The van der Waals surface area contributed by atoms with Crippen LogP contribution in [0.1, 0.15) is 77.3 Å². The van der Waals surface area contributed by atoms with Crippen molar-refractivity contribution < 1.29 is 19.3 Å². The lowest BCUT2D eigenvalue weighted by Crippen LogP contribution is -2.52. The molecule has 3 rings (SSSR count). The van der Waals surface area contributed by atoms with Gasteiger partial charge in [-0.3, -0.25) is 4.90 Å². The van der Waals surface area contributed by atoms with E-state index in [1.54, 1.807) is 21.3 Å². The fourth-order valence-corrected chi connectivity index (χ4v) is 7.98. The van der Waals surface area contributed by atoms with Crippen LogP contribution in [0.3, 0.4) is 0 Å². The van der Waals surface area contributed by atoms with Gasteiger partial charge in [-0.05, 0) is 17.9 Å². The number of thiophene rings is 1. The molecule has 2 atom stereocenters. The van der Waals surface area contributed by atoms with Crippen molar-refractivity contribution in [1.29, 1.82) is 0 Å². The normalized spacial score (nSPS) is 18.4. The molecule has 0 aliphatic carbocycles. The van der Waals surface area contributed by atoms with Gasteiger partial charge >= 0.3 is 0 Å². The van der Waals surface area contributed by atoms with Crippen molar-refractivity contribution >= 4 is 10.7 Å². The van der Waals surface area contributed by atoms with E-state index in [9.17, 15) is 5.11 Å². The Balaban J connectivity index is 1.93. The molecule has 1 saturated heterocycles. The van der Waals surface area contributed by atoms with E-state index < -0.39 is 0 Å². The van der Waals surface area contributed by atoms with Crippen LogP contribution in [-0.4, -0.2) is 57.0 Å². The van der Waals surface area contributed by atoms with Crippen LogP contribution in [0.25, 0.3) is 0 Å². The number of piperazine rings is 1. The van der Waals surface area contributed by atoms with Gasteiger partial charge in [0.2, 0.25) is 10.6 Å². The second kappa shape index (κ2) is 11.2. The molecule has 0 amide bonds. The molecule has 1 aliphatic heterocycles. The molecule has 202 valence electrons. The third kappa shape index (κ3) is 5.79. The van der Waals surface area contributed by atoms with Crippen LogP contribution >= 0.6 is 10.7 Å². The Morgan fingerprint density at radius 2 is 1.61 bits per heavy atom. The smallest absolute Gasteiger partial charge is 0.219 e. The van der Waals surface area contributed by atoms with Crippen molar-refractivity contribution in [3.05, 3.63) is 33.5 Å². The molecule has 2 heterocycles. The molecule has 1 aliphatic rings. The quantitative estimate of drug-likeness (QED) is 0.408. The number of rotatable bonds is 8. The average Bonchev–Trinajstić information content (AvgIpc) is 3.18. The number of hydrogen-bond acceptors (Lipinski definition) is 6. The van der Waals surface area contributed by atoms with Crippen molar-refractivity contribution in [1.82, 2.24) is 4.90 Å². The van der Waals surface area contributed by atoms with Crippen molar-refractivity contribution in [2.45, 2.75) is 84.7 Å². The van der Waals surface area contributed by atoms with E-state index in [0.717, 1.165) is 55.9 Å². The molecule has 1 aromatic carbocycles. The first-order valence-electron chi connectivity index (χ1n) is 13.0. The number of aromatic hydroxyl groups is 1. The van der Waals surface area contributed by atoms with Crippen LogP contribution in [0.15, 0.2) is 17.5 Å². The molecule has 6 nitrogen and oxygen atoms in total. The van der Waals surface area contributed by atoms with Gasteiger partial charge in [-0.15, -0.1) is 4.31 Å². The molecular weight excluding hydrogens is 472 g/mol. The predicted octanol–water partition coefficient (Wildman–Crippen LogP) is 6.38. The van der Waals surface area contributed by atoms with Crippen molar-refractivity contribution in [3.63, 3.8) is 0 Å². The molecule has 7 heteroatoms. The molecule has 1 aromatic heterocycles. The molecule has 0 saturated carbocycles. The first-order chi connectivity index (χ1) is 16.9. The summed E-state index contributed by atoms with van der Waals surface area (Å²) in [5, 5.41) is 13.7. The highest BCUT2D eigenvalue weighted by Crippen LogP contribution is 2.50. The van der Waals surface area contributed by atoms with E-state index in [-0.39, 0.29) is 21.5 Å². The Hall–Kier alpha value is -1.96. The van der Waals surface area contributed by atoms with Gasteiger partial charge in [-0.2, -0.15) is 0 Å². The first-order valence-corrected chi connectivity index (χ1v) is 14.3. The first kappa shape index (κ1) is 28.6. The molecule has 1 fully saturated rings. The lowest BCUT2D eigenvalue weighted by atomic mass is 9.85. The molecule has 0 spiro atoms. The van der Waals surface area contributed by atoms with Crippen LogP contribution in [0.5, 0.6) is 23.0 Å². The number of hydrogen-bond donors (Lipinski definition) is 1. The summed E-state index contributed by atoms with van der Waals surface area (Å²) in [5.41, 5.74) is 2.01. The van der Waals surface area contributed by atoms with E-state index >= 15 is 0 Å². The summed E-state index contributed by atoms with van der Waals surface area (Å²) in [4.78, 5) is 3.76.